The summed E-state index contributed by atoms with van der Waals surface area (Å²) in [4.78, 5) is 21.6. The minimum Gasteiger partial charge on any atom is -0.361 e. The van der Waals surface area contributed by atoms with Crippen molar-refractivity contribution >= 4 is 5.91 Å². The number of likely N-dealkylation sites (N-methyl/N-ethyl adjacent to an activating group) is 1. The fourth-order valence-corrected chi connectivity index (χ4v) is 3.50. The number of rotatable bonds is 5. The van der Waals surface area contributed by atoms with Gasteiger partial charge in [0.05, 0.1) is 5.69 Å². The van der Waals surface area contributed by atoms with Crippen LogP contribution < -0.4 is 0 Å². The molecule has 1 aliphatic heterocycles. The Morgan fingerprint density at radius 1 is 1.40 bits per heavy atom. The van der Waals surface area contributed by atoms with E-state index < -0.39 is 0 Å². The third kappa shape index (κ3) is 3.76. The van der Waals surface area contributed by atoms with Crippen LogP contribution in [0.2, 0.25) is 0 Å². The second-order valence-corrected chi connectivity index (χ2v) is 7.07. The highest BCUT2D eigenvalue weighted by Gasteiger charge is 2.30. The van der Waals surface area contributed by atoms with Gasteiger partial charge in [-0.15, -0.1) is 0 Å². The molecule has 1 amide bonds. The van der Waals surface area contributed by atoms with Gasteiger partial charge in [-0.3, -0.25) is 4.79 Å². The second kappa shape index (κ2) is 7.39. The van der Waals surface area contributed by atoms with Gasteiger partial charge in [0.25, 0.3) is 5.91 Å². The lowest BCUT2D eigenvalue weighted by atomic mass is 9.96. The van der Waals surface area contributed by atoms with E-state index in [2.05, 4.69) is 33.7 Å². The summed E-state index contributed by atoms with van der Waals surface area (Å²) in [6.45, 7) is 6.97. The Morgan fingerprint density at radius 2 is 2.20 bits per heavy atom. The van der Waals surface area contributed by atoms with Crippen LogP contribution in [0.4, 0.5) is 0 Å². The molecule has 1 aliphatic rings. The van der Waals surface area contributed by atoms with Crippen LogP contribution >= 0.6 is 0 Å². The Balaban J connectivity index is 1.74. The molecule has 136 valence electrons. The first-order valence-electron chi connectivity index (χ1n) is 8.85. The molecule has 2 aromatic heterocycles. The average molecular weight is 345 g/mol. The van der Waals surface area contributed by atoms with Gasteiger partial charge in [0.1, 0.15) is 17.1 Å². The van der Waals surface area contributed by atoms with E-state index in [1.54, 1.807) is 6.92 Å². The molecule has 1 saturated heterocycles. The van der Waals surface area contributed by atoms with Crippen LogP contribution in [0.3, 0.4) is 0 Å². The maximum absolute atomic E-state index is 12.9. The van der Waals surface area contributed by atoms with Gasteiger partial charge in [-0.2, -0.15) is 0 Å². The molecule has 1 fully saturated rings. The van der Waals surface area contributed by atoms with Crippen LogP contribution in [0.1, 0.15) is 46.4 Å². The molecule has 7 nitrogen and oxygen atoms in total. The number of carbonyl (C=O) groups excluding carboxylic acids is 1. The van der Waals surface area contributed by atoms with Gasteiger partial charge < -0.3 is 18.9 Å². The van der Waals surface area contributed by atoms with Gasteiger partial charge in [-0.05, 0) is 40.8 Å². The van der Waals surface area contributed by atoms with E-state index in [0.29, 0.717) is 23.6 Å². The fraction of sp³-hybridized carbons (Fsp3) is 0.611. The lowest BCUT2D eigenvalue weighted by Crippen LogP contribution is -2.40. The van der Waals surface area contributed by atoms with Gasteiger partial charge in [0, 0.05) is 44.5 Å². The largest absolute Gasteiger partial charge is 0.361 e. The zero-order valence-corrected chi connectivity index (χ0v) is 15.5. The third-order valence-electron chi connectivity index (χ3n) is 4.86. The number of imidazole rings is 1. The number of hydrogen-bond donors (Lipinski definition) is 0. The van der Waals surface area contributed by atoms with E-state index in [-0.39, 0.29) is 11.8 Å². The van der Waals surface area contributed by atoms with Crippen molar-refractivity contribution in [2.24, 2.45) is 0 Å². The predicted octanol–water partition coefficient (Wildman–Crippen LogP) is 2.07. The molecule has 2 aromatic rings. The Bertz CT molecular complexity index is 714. The summed E-state index contributed by atoms with van der Waals surface area (Å²) >= 11 is 0. The van der Waals surface area contributed by atoms with E-state index in [1.165, 1.54) is 0 Å². The zero-order valence-electron chi connectivity index (χ0n) is 15.5. The summed E-state index contributed by atoms with van der Waals surface area (Å²) in [5.41, 5.74) is 1.27. The molecule has 0 N–H and O–H groups in total. The summed E-state index contributed by atoms with van der Waals surface area (Å²) in [6, 6.07) is 0. The molecule has 0 spiro atoms. The number of hydrogen-bond acceptors (Lipinski definition) is 5. The van der Waals surface area contributed by atoms with Crippen molar-refractivity contribution in [1.29, 1.82) is 0 Å². The van der Waals surface area contributed by atoms with Crippen molar-refractivity contribution in [3.63, 3.8) is 0 Å². The molecule has 0 aromatic carbocycles. The molecule has 0 radical (unpaired) electrons. The topological polar surface area (TPSA) is 67.4 Å². The fourth-order valence-electron chi connectivity index (χ4n) is 3.50. The SMILES string of the molecule is Cc1noc(C)c1C(=O)N1CCCC(c2nccn2CCN(C)C)C1. The molecule has 1 atom stereocenters. The van der Waals surface area contributed by atoms with Crippen molar-refractivity contribution in [3.8, 4) is 0 Å². The summed E-state index contributed by atoms with van der Waals surface area (Å²) in [6.07, 6.45) is 5.94. The molecule has 3 heterocycles. The normalized spacial score (nSPS) is 18.1. The maximum Gasteiger partial charge on any atom is 0.259 e. The molecule has 25 heavy (non-hydrogen) atoms. The monoisotopic (exact) mass is 345 g/mol. The van der Waals surface area contributed by atoms with Gasteiger partial charge in [0.15, 0.2) is 0 Å². The van der Waals surface area contributed by atoms with Gasteiger partial charge >= 0.3 is 0 Å². The Morgan fingerprint density at radius 3 is 2.88 bits per heavy atom. The smallest absolute Gasteiger partial charge is 0.259 e. The van der Waals surface area contributed by atoms with Crippen molar-refractivity contribution in [2.45, 2.75) is 39.2 Å². The first-order valence-corrected chi connectivity index (χ1v) is 8.85. The molecule has 0 saturated carbocycles. The molecule has 0 aliphatic carbocycles. The van der Waals surface area contributed by atoms with Gasteiger partial charge in [0.2, 0.25) is 0 Å². The minimum absolute atomic E-state index is 0.0207. The summed E-state index contributed by atoms with van der Waals surface area (Å²) in [5, 5.41) is 3.91. The van der Waals surface area contributed by atoms with Crippen molar-refractivity contribution in [1.82, 2.24) is 24.5 Å². The number of nitrogens with zero attached hydrogens (tertiary/aromatic N) is 5. The van der Waals surface area contributed by atoms with Gasteiger partial charge in [-0.1, -0.05) is 5.16 Å². The molecule has 0 bridgehead atoms. The number of likely N-dealkylation sites (tertiary alicyclic amines) is 1. The molecule has 1 unspecified atom stereocenters. The van der Waals surface area contributed by atoms with Crippen molar-refractivity contribution in [2.75, 3.05) is 33.7 Å². The standard InChI is InChI=1S/C18H27N5O2/c1-13-16(14(2)25-20-13)18(24)23-8-5-6-15(12-23)17-19-7-9-22(17)11-10-21(3)4/h7,9,15H,5-6,8,10-12H2,1-4H3. The van der Waals surface area contributed by atoms with Crippen LogP contribution in [-0.2, 0) is 6.54 Å². The molecular weight excluding hydrogens is 318 g/mol. The molecule has 3 rings (SSSR count). The van der Waals surface area contributed by atoms with E-state index in [4.69, 9.17) is 4.52 Å². The van der Waals surface area contributed by atoms with E-state index >= 15 is 0 Å². The van der Waals surface area contributed by atoms with Crippen LogP contribution in [-0.4, -0.2) is 64.1 Å². The van der Waals surface area contributed by atoms with E-state index in [9.17, 15) is 4.79 Å². The summed E-state index contributed by atoms with van der Waals surface area (Å²) in [7, 11) is 4.14. The highest BCUT2D eigenvalue weighted by molar-refractivity contribution is 5.96. The highest BCUT2D eigenvalue weighted by atomic mass is 16.5. The average Bonchev–Trinajstić information content (AvgIpc) is 3.19. The lowest BCUT2D eigenvalue weighted by molar-refractivity contribution is 0.0700. The molecular formula is C18H27N5O2. The first kappa shape index (κ1) is 17.7. The highest BCUT2D eigenvalue weighted by Crippen LogP contribution is 2.28. The van der Waals surface area contributed by atoms with E-state index in [0.717, 1.165) is 38.3 Å². The van der Waals surface area contributed by atoms with Gasteiger partial charge in [-0.25, -0.2) is 4.98 Å². The summed E-state index contributed by atoms with van der Waals surface area (Å²) in [5.74, 6) is 1.97. The predicted molar refractivity (Wildman–Crippen MR) is 94.6 cm³/mol. The first-order chi connectivity index (χ1) is 12.0. The number of aromatic nitrogens is 3. The quantitative estimate of drug-likeness (QED) is 0.830. The minimum atomic E-state index is 0.0207. The summed E-state index contributed by atoms with van der Waals surface area (Å²) < 4.78 is 7.38. The number of carbonyl (C=O) groups is 1. The van der Waals surface area contributed by atoms with E-state index in [1.807, 2.05) is 24.2 Å². The van der Waals surface area contributed by atoms with Crippen LogP contribution in [0, 0.1) is 13.8 Å². The number of piperidine rings is 1. The number of aryl methyl sites for hydroxylation is 2. The lowest BCUT2D eigenvalue weighted by Gasteiger charge is -2.32. The Hall–Kier alpha value is -2.15. The second-order valence-electron chi connectivity index (χ2n) is 7.07. The van der Waals surface area contributed by atoms with Crippen molar-refractivity contribution < 1.29 is 9.32 Å². The maximum atomic E-state index is 12.9. The van der Waals surface area contributed by atoms with Crippen LogP contribution in [0.5, 0.6) is 0 Å². The Kier molecular flexibility index (Phi) is 5.22. The third-order valence-corrected chi connectivity index (χ3v) is 4.86. The Labute approximate surface area is 148 Å². The molecule has 7 heteroatoms. The zero-order chi connectivity index (χ0) is 18.0. The van der Waals surface area contributed by atoms with Crippen LogP contribution in [0.25, 0.3) is 0 Å². The number of amides is 1. The van der Waals surface area contributed by atoms with Crippen LogP contribution in [0.15, 0.2) is 16.9 Å². The van der Waals surface area contributed by atoms with Crippen molar-refractivity contribution in [3.05, 3.63) is 35.2 Å².